The molecule has 1 unspecified atom stereocenters. The molecule has 1 nitrogen and oxygen atoms in total. The highest BCUT2D eigenvalue weighted by Gasteiger charge is 2.09. The smallest absolute Gasteiger partial charge is 0.00965 e. The molecule has 0 spiro atoms. The van der Waals surface area contributed by atoms with Gasteiger partial charge in [-0.25, -0.2) is 0 Å². The fraction of sp³-hybridized carbons (Fsp3) is 1.00. The zero-order chi connectivity index (χ0) is 11.0. The first-order valence-corrected chi connectivity index (χ1v) is 6.24. The molecular weight excluding hydrogens is 170 g/mol. The van der Waals surface area contributed by atoms with Crippen LogP contribution in [0.4, 0.5) is 0 Å². The van der Waals surface area contributed by atoms with E-state index in [0.717, 1.165) is 5.92 Å². The molecule has 0 rings (SSSR count). The summed E-state index contributed by atoms with van der Waals surface area (Å²) >= 11 is 0. The van der Waals surface area contributed by atoms with Crippen LogP contribution in [0.2, 0.25) is 0 Å². The lowest BCUT2D eigenvalue weighted by Crippen LogP contribution is -2.36. The van der Waals surface area contributed by atoms with Gasteiger partial charge in [0.15, 0.2) is 0 Å². The molecule has 0 aliphatic rings. The van der Waals surface area contributed by atoms with Crippen LogP contribution in [-0.2, 0) is 0 Å². The summed E-state index contributed by atoms with van der Waals surface area (Å²) in [5.41, 5.74) is 0.284. The Morgan fingerprint density at radius 3 is 2.14 bits per heavy atom. The van der Waals surface area contributed by atoms with Gasteiger partial charge >= 0.3 is 0 Å². The van der Waals surface area contributed by atoms with Gasteiger partial charge in [0, 0.05) is 5.54 Å². The van der Waals surface area contributed by atoms with Crippen molar-refractivity contribution in [3.05, 3.63) is 0 Å². The van der Waals surface area contributed by atoms with E-state index in [1.165, 1.54) is 38.6 Å². The lowest BCUT2D eigenvalue weighted by molar-refractivity contribution is 0.377. The molecule has 0 bridgehead atoms. The normalized spacial score (nSPS) is 14.4. The first kappa shape index (κ1) is 14.0. The topological polar surface area (TPSA) is 12.0 Å². The summed E-state index contributed by atoms with van der Waals surface area (Å²) in [6.45, 7) is 12.5. The monoisotopic (exact) mass is 199 g/mol. The number of nitrogens with one attached hydrogen (secondary N) is 1. The van der Waals surface area contributed by atoms with Crippen LogP contribution in [0.1, 0.15) is 66.7 Å². The van der Waals surface area contributed by atoms with Gasteiger partial charge in [-0.15, -0.1) is 0 Å². The fourth-order valence-corrected chi connectivity index (χ4v) is 1.81. The van der Waals surface area contributed by atoms with Crippen LogP contribution < -0.4 is 5.32 Å². The predicted octanol–water partition coefficient (Wildman–Crippen LogP) is 3.98. The van der Waals surface area contributed by atoms with Crippen molar-refractivity contribution in [2.75, 3.05) is 6.54 Å². The zero-order valence-corrected chi connectivity index (χ0v) is 10.8. The Kier molecular flexibility index (Phi) is 7.26. The maximum Gasteiger partial charge on any atom is 0.00965 e. The van der Waals surface area contributed by atoms with Gasteiger partial charge in [-0.1, -0.05) is 33.1 Å². The largest absolute Gasteiger partial charge is 0.312 e. The second-order valence-corrected chi connectivity index (χ2v) is 5.38. The average Bonchev–Trinajstić information content (AvgIpc) is 2.08. The van der Waals surface area contributed by atoms with E-state index < -0.39 is 0 Å². The van der Waals surface area contributed by atoms with Gasteiger partial charge in [0.25, 0.3) is 0 Å². The van der Waals surface area contributed by atoms with Gasteiger partial charge < -0.3 is 5.32 Å². The molecule has 1 atom stereocenters. The van der Waals surface area contributed by atoms with Crippen LogP contribution in [0.25, 0.3) is 0 Å². The quantitative estimate of drug-likeness (QED) is 0.612. The zero-order valence-electron chi connectivity index (χ0n) is 10.8. The molecule has 0 saturated carbocycles. The van der Waals surface area contributed by atoms with Crippen molar-refractivity contribution in [2.24, 2.45) is 5.92 Å². The maximum absolute atomic E-state index is 3.54. The van der Waals surface area contributed by atoms with Crippen molar-refractivity contribution in [3.63, 3.8) is 0 Å². The summed E-state index contributed by atoms with van der Waals surface area (Å²) in [6, 6.07) is 0. The Hall–Kier alpha value is -0.0400. The molecule has 0 saturated heterocycles. The molecule has 1 N–H and O–H groups in total. The lowest BCUT2D eigenvalue weighted by atomic mass is 9.95. The molecule has 0 aromatic carbocycles. The summed E-state index contributed by atoms with van der Waals surface area (Å²) < 4.78 is 0. The van der Waals surface area contributed by atoms with Gasteiger partial charge in [-0.3, -0.25) is 0 Å². The van der Waals surface area contributed by atoms with E-state index in [-0.39, 0.29) is 5.54 Å². The Morgan fingerprint density at radius 2 is 1.71 bits per heavy atom. The third-order valence-electron chi connectivity index (χ3n) is 2.72. The minimum absolute atomic E-state index is 0.284. The molecule has 0 amide bonds. The van der Waals surface area contributed by atoms with Crippen molar-refractivity contribution >= 4 is 0 Å². The van der Waals surface area contributed by atoms with Crippen molar-refractivity contribution < 1.29 is 0 Å². The van der Waals surface area contributed by atoms with Crippen molar-refractivity contribution in [2.45, 2.75) is 72.3 Å². The third kappa shape index (κ3) is 8.55. The van der Waals surface area contributed by atoms with E-state index in [0.29, 0.717) is 0 Å². The second kappa shape index (κ2) is 7.28. The van der Waals surface area contributed by atoms with Crippen LogP contribution in [-0.4, -0.2) is 12.1 Å². The fourth-order valence-electron chi connectivity index (χ4n) is 1.81. The summed E-state index contributed by atoms with van der Waals surface area (Å²) in [6.07, 6.45) is 6.82. The summed E-state index contributed by atoms with van der Waals surface area (Å²) in [5, 5.41) is 3.54. The highest BCUT2D eigenvalue weighted by Crippen LogP contribution is 2.16. The van der Waals surface area contributed by atoms with Gasteiger partial charge in [0.1, 0.15) is 0 Å². The Balaban J connectivity index is 3.42. The minimum atomic E-state index is 0.284. The Bertz CT molecular complexity index is 124. The summed E-state index contributed by atoms with van der Waals surface area (Å²) in [5.74, 6) is 0.960. The highest BCUT2D eigenvalue weighted by molar-refractivity contribution is 4.70. The Morgan fingerprint density at radius 1 is 1.07 bits per heavy atom. The van der Waals surface area contributed by atoms with E-state index in [1.54, 1.807) is 0 Å². The summed E-state index contributed by atoms with van der Waals surface area (Å²) in [4.78, 5) is 0. The van der Waals surface area contributed by atoms with Crippen molar-refractivity contribution in [1.82, 2.24) is 5.32 Å². The van der Waals surface area contributed by atoms with Gasteiger partial charge in [0.2, 0.25) is 0 Å². The molecule has 14 heavy (non-hydrogen) atoms. The van der Waals surface area contributed by atoms with Gasteiger partial charge in [-0.05, 0) is 46.1 Å². The van der Waals surface area contributed by atoms with Crippen LogP contribution in [0.3, 0.4) is 0 Å². The van der Waals surface area contributed by atoms with E-state index in [1.807, 2.05) is 0 Å². The molecule has 86 valence electrons. The molecule has 0 aromatic heterocycles. The van der Waals surface area contributed by atoms with E-state index in [2.05, 4.69) is 39.9 Å². The van der Waals surface area contributed by atoms with Gasteiger partial charge in [-0.2, -0.15) is 0 Å². The highest BCUT2D eigenvalue weighted by atomic mass is 14.9. The molecule has 0 fully saturated rings. The molecule has 0 aliphatic carbocycles. The molecule has 0 aromatic rings. The molecule has 1 heteroatoms. The maximum atomic E-state index is 3.54. The van der Waals surface area contributed by atoms with Crippen LogP contribution in [0.5, 0.6) is 0 Å². The molecule has 0 aliphatic heterocycles. The third-order valence-corrected chi connectivity index (χ3v) is 2.72. The van der Waals surface area contributed by atoms with Crippen LogP contribution in [0.15, 0.2) is 0 Å². The first-order valence-electron chi connectivity index (χ1n) is 6.24. The van der Waals surface area contributed by atoms with Crippen molar-refractivity contribution in [1.29, 1.82) is 0 Å². The van der Waals surface area contributed by atoms with E-state index >= 15 is 0 Å². The van der Waals surface area contributed by atoms with E-state index in [9.17, 15) is 0 Å². The number of hydrogen-bond acceptors (Lipinski definition) is 1. The summed E-state index contributed by atoms with van der Waals surface area (Å²) in [7, 11) is 0. The standard InChI is InChI=1S/C13H29N/c1-6-9-12(7-2)10-8-11-14-13(3,4)5/h12,14H,6-11H2,1-5H3. The van der Waals surface area contributed by atoms with E-state index in [4.69, 9.17) is 0 Å². The molecule has 0 radical (unpaired) electrons. The first-order chi connectivity index (χ1) is 6.49. The average molecular weight is 199 g/mol. The molecular formula is C13H29N. The lowest BCUT2D eigenvalue weighted by Gasteiger charge is -2.21. The predicted molar refractivity (Wildman–Crippen MR) is 65.7 cm³/mol. The van der Waals surface area contributed by atoms with Crippen molar-refractivity contribution in [3.8, 4) is 0 Å². The second-order valence-electron chi connectivity index (χ2n) is 5.38. The SMILES string of the molecule is CCCC(CC)CCCNC(C)(C)C. The number of rotatable bonds is 7. The van der Waals surface area contributed by atoms with Gasteiger partial charge in [0.05, 0.1) is 0 Å². The van der Waals surface area contributed by atoms with Crippen LogP contribution >= 0.6 is 0 Å². The Labute approximate surface area is 90.7 Å². The van der Waals surface area contributed by atoms with Crippen LogP contribution in [0, 0.1) is 5.92 Å². The molecule has 0 heterocycles. The minimum Gasteiger partial charge on any atom is -0.312 e. The number of hydrogen-bond donors (Lipinski definition) is 1.